The highest BCUT2D eigenvalue weighted by molar-refractivity contribution is 5.85. The quantitative estimate of drug-likeness (QED) is 0.427. The van der Waals surface area contributed by atoms with Crippen molar-refractivity contribution in [2.45, 2.75) is 25.7 Å². The van der Waals surface area contributed by atoms with Crippen LogP contribution in [0.4, 0.5) is 0 Å². The third-order valence-corrected chi connectivity index (χ3v) is 1.59. The van der Waals surface area contributed by atoms with Gasteiger partial charge in [-0.1, -0.05) is 12.8 Å². The number of hydrazine groups is 3. The van der Waals surface area contributed by atoms with Crippen molar-refractivity contribution in [3.8, 4) is 0 Å². The molecule has 68 valence electrons. The summed E-state index contributed by atoms with van der Waals surface area (Å²) < 4.78 is 0. The lowest BCUT2D eigenvalue weighted by Crippen LogP contribution is -2.51. The van der Waals surface area contributed by atoms with Crippen LogP contribution in [0, 0.1) is 0 Å². The molecule has 0 aromatic rings. The van der Waals surface area contributed by atoms with Crippen LogP contribution in [0.15, 0.2) is 0 Å². The third kappa shape index (κ3) is 6.52. The minimum Gasteiger partial charge on any atom is -0.243 e. The van der Waals surface area contributed by atoms with Crippen molar-refractivity contribution < 1.29 is 0 Å². The Bertz CT molecular complexity index is 47.8. The smallest absolute Gasteiger partial charge is 0.0113 e. The summed E-state index contributed by atoms with van der Waals surface area (Å²) in [6.07, 6.45) is 5.18. The van der Waals surface area contributed by atoms with Crippen LogP contribution in [-0.4, -0.2) is 13.1 Å². The molecule has 0 spiro atoms. The average Bonchev–Trinajstić information content (AvgIpc) is 2.01. The van der Waals surface area contributed by atoms with Crippen molar-refractivity contribution in [3.05, 3.63) is 0 Å². The molecule has 1 aliphatic rings. The van der Waals surface area contributed by atoms with E-state index in [2.05, 4.69) is 21.9 Å². The van der Waals surface area contributed by atoms with E-state index in [1.54, 1.807) is 0 Å². The van der Waals surface area contributed by atoms with Crippen LogP contribution >= 0.6 is 12.4 Å². The van der Waals surface area contributed by atoms with Crippen molar-refractivity contribution in [1.82, 2.24) is 21.9 Å². The first-order chi connectivity index (χ1) is 5.00. The molecule has 1 rings (SSSR count). The van der Waals surface area contributed by atoms with Gasteiger partial charge in [0.25, 0.3) is 0 Å². The molecule has 0 aromatic carbocycles. The molecule has 0 unspecified atom stereocenters. The molecule has 0 bridgehead atoms. The second-order valence-electron chi connectivity index (χ2n) is 2.52. The number of hydrogen-bond acceptors (Lipinski definition) is 4. The zero-order valence-electron chi connectivity index (χ0n) is 6.65. The van der Waals surface area contributed by atoms with Crippen molar-refractivity contribution in [2.24, 2.45) is 0 Å². The highest BCUT2D eigenvalue weighted by atomic mass is 35.5. The van der Waals surface area contributed by atoms with Crippen LogP contribution in [0.5, 0.6) is 0 Å². The highest BCUT2D eigenvalue weighted by Crippen LogP contribution is 1.97. The van der Waals surface area contributed by atoms with Gasteiger partial charge in [0.15, 0.2) is 0 Å². The van der Waals surface area contributed by atoms with E-state index in [0.29, 0.717) is 0 Å². The lowest BCUT2D eigenvalue weighted by atomic mass is 10.2. The minimum absolute atomic E-state index is 0. The Hall–Kier alpha value is 0.130. The van der Waals surface area contributed by atoms with Gasteiger partial charge >= 0.3 is 0 Å². The summed E-state index contributed by atoms with van der Waals surface area (Å²) in [4.78, 5) is 0. The van der Waals surface area contributed by atoms with Crippen LogP contribution < -0.4 is 21.9 Å². The van der Waals surface area contributed by atoms with Gasteiger partial charge in [0.05, 0.1) is 0 Å². The fourth-order valence-electron chi connectivity index (χ4n) is 0.994. The van der Waals surface area contributed by atoms with Crippen molar-refractivity contribution in [2.75, 3.05) is 13.1 Å². The van der Waals surface area contributed by atoms with Crippen LogP contribution in [-0.2, 0) is 0 Å². The van der Waals surface area contributed by atoms with Crippen molar-refractivity contribution in [3.63, 3.8) is 0 Å². The van der Waals surface area contributed by atoms with E-state index >= 15 is 0 Å². The summed E-state index contributed by atoms with van der Waals surface area (Å²) in [5.74, 6) is 0. The molecule has 1 aliphatic heterocycles. The van der Waals surface area contributed by atoms with E-state index < -0.39 is 0 Å². The van der Waals surface area contributed by atoms with Crippen LogP contribution in [0.2, 0.25) is 0 Å². The molecule has 1 fully saturated rings. The van der Waals surface area contributed by atoms with Crippen LogP contribution in [0.25, 0.3) is 0 Å². The molecule has 0 amide bonds. The predicted molar refractivity (Wildman–Crippen MR) is 48.0 cm³/mol. The monoisotopic (exact) mass is 180 g/mol. The Morgan fingerprint density at radius 3 is 1.55 bits per heavy atom. The van der Waals surface area contributed by atoms with Gasteiger partial charge < -0.3 is 0 Å². The maximum atomic E-state index is 3.03. The molecule has 1 heterocycles. The number of nitrogens with one attached hydrogen (secondary N) is 4. The van der Waals surface area contributed by atoms with E-state index in [1.807, 2.05) is 0 Å². The zero-order valence-corrected chi connectivity index (χ0v) is 7.47. The summed E-state index contributed by atoms with van der Waals surface area (Å²) in [7, 11) is 0. The first-order valence-electron chi connectivity index (χ1n) is 3.96. The summed E-state index contributed by atoms with van der Waals surface area (Å²) in [5.41, 5.74) is 11.8. The van der Waals surface area contributed by atoms with Crippen LogP contribution in [0.1, 0.15) is 25.7 Å². The molecule has 0 saturated carbocycles. The Kier molecular flexibility index (Phi) is 8.33. The molecular weight excluding hydrogens is 164 g/mol. The summed E-state index contributed by atoms with van der Waals surface area (Å²) in [6.45, 7) is 2.07. The van der Waals surface area contributed by atoms with Gasteiger partial charge in [0.1, 0.15) is 0 Å². The maximum Gasteiger partial charge on any atom is 0.0113 e. The average molecular weight is 181 g/mol. The molecule has 0 aliphatic carbocycles. The standard InChI is InChI=1S/C6H16N4.ClH/c1-2-4-6-8-10-9-7-5-3-1;/h7-10H,1-6H2;1H. The molecule has 0 atom stereocenters. The molecule has 4 nitrogen and oxygen atoms in total. The van der Waals surface area contributed by atoms with Crippen molar-refractivity contribution >= 4 is 12.4 Å². The largest absolute Gasteiger partial charge is 0.243 e. The first kappa shape index (κ1) is 11.1. The SMILES string of the molecule is C1CCCNNNNCC1.Cl. The van der Waals surface area contributed by atoms with Crippen LogP contribution in [0.3, 0.4) is 0 Å². The Labute approximate surface area is 73.8 Å². The molecule has 0 radical (unpaired) electrons. The fraction of sp³-hybridized carbons (Fsp3) is 1.00. The summed E-state index contributed by atoms with van der Waals surface area (Å²) in [5, 5.41) is 0. The lowest BCUT2D eigenvalue weighted by molar-refractivity contribution is 0.349. The number of rotatable bonds is 0. The lowest BCUT2D eigenvalue weighted by Gasteiger charge is -2.11. The molecule has 0 aromatic heterocycles. The molecular formula is C6H17ClN4. The fourth-order valence-corrected chi connectivity index (χ4v) is 0.994. The van der Waals surface area contributed by atoms with E-state index in [9.17, 15) is 0 Å². The first-order valence-corrected chi connectivity index (χ1v) is 3.96. The van der Waals surface area contributed by atoms with E-state index in [0.717, 1.165) is 13.1 Å². The minimum atomic E-state index is 0. The highest BCUT2D eigenvalue weighted by Gasteiger charge is 1.92. The third-order valence-electron chi connectivity index (χ3n) is 1.59. The van der Waals surface area contributed by atoms with Gasteiger partial charge in [-0.2, -0.15) is 11.1 Å². The zero-order chi connectivity index (χ0) is 7.07. The predicted octanol–water partition coefficient (Wildman–Crippen LogP) is 0.0856. The van der Waals surface area contributed by atoms with E-state index in [4.69, 9.17) is 0 Å². The molecule has 11 heavy (non-hydrogen) atoms. The van der Waals surface area contributed by atoms with Crippen molar-refractivity contribution in [1.29, 1.82) is 0 Å². The second kappa shape index (κ2) is 8.23. The Morgan fingerprint density at radius 1 is 0.636 bits per heavy atom. The van der Waals surface area contributed by atoms with E-state index in [1.165, 1.54) is 25.7 Å². The van der Waals surface area contributed by atoms with Gasteiger partial charge in [-0.05, 0) is 12.8 Å². The topological polar surface area (TPSA) is 48.1 Å². The summed E-state index contributed by atoms with van der Waals surface area (Å²) in [6, 6.07) is 0. The van der Waals surface area contributed by atoms with Gasteiger partial charge in [-0.3, -0.25) is 0 Å². The Morgan fingerprint density at radius 2 is 1.09 bits per heavy atom. The number of halogens is 1. The normalized spacial score (nSPS) is 21.8. The van der Waals surface area contributed by atoms with Gasteiger partial charge in [-0.25, -0.2) is 10.9 Å². The van der Waals surface area contributed by atoms with Gasteiger partial charge in [-0.15, -0.1) is 12.4 Å². The Balaban J connectivity index is 0.000001000. The molecule has 5 heteroatoms. The van der Waals surface area contributed by atoms with Gasteiger partial charge in [0.2, 0.25) is 0 Å². The maximum absolute atomic E-state index is 3.03. The molecule has 4 N–H and O–H groups in total. The number of hydrogen-bond donors (Lipinski definition) is 4. The second-order valence-corrected chi connectivity index (χ2v) is 2.52. The van der Waals surface area contributed by atoms with Gasteiger partial charge in [0, 0.05) is 13.1 Å². The van der Waals surface area contributed by atoms with E-state index in [-0.39, 0.29) is 12.4 Å². The summed E-state index contributed by atoms with van der Waals surface area (Å²) >= 11 is 0. The molecule has 1 saturated heterocycles.